The molecule has 3 aliphatic carbocycles. The molecule has 1 N–H and O–H groups in total. The van der Waals surface area contributed by atoms with Crippen molar-refractivity contribution < 1.29 is 36.2 Å². The van der Waals surface area contributed by atoms with E-state index in [2.05, 4.69) is 20.3 Å². The monoisotopic (exact) mass is 489 g/mol. The van der Waals surface area contributed by atoms with Crippen LogP contribution in [0.3, 0.4) is 0 Å². The van der Waals surface area contributed by atoms with Crippen molar-refractivity contribution in [3.63, 3.8) is 0 Å². The zero-order chi connectivity index (χ0) is 23.3. The maximum atomic E-state index is 13.4. The Morgan fingerprint density at radius 2 is 1.85 bits per heavy atom. The number of aromatic nitrogens is 2. The summed E-state index contributed by atoms with van der Waals surface area (Å²) in [7, 11) is 0. The third-order valence-electron chi connectivity index (χ3n) is 6.56. The SMILES string of the molecule is O=C(COc1ccc(Cl)c(F)c1)N[C@H]1C[C@@H]2C(c3nnc(C4CC(OC(F)(F)F)C4)o3)[C@@H]2C1. The van der Waals surface area contributed by atoms with Crippen molar-refractivity contribution in [2.75, 3.05) is 6.61 Å². The Labute approximate surface area is 190 Å². The highest BCUT2D eigenvalue weighted by Gasteiger charge is 2.59. The molecule has 4 atom stereocenters. The van der Waals surface area contributed by atoms with E-state index >= 15 is 0 Å². The molecule has 0 bridgehead atoms. The van der Waals surface area contributed by atoms with E-state index in [4.69, 9.17) is 20.8 Å². The molecule has 5 rings (SSSR count). The first-order valence-corrected chi connectivity index (χ1v) is 11.0. The molecule has 0 spiro atoms. The number of nitrogens with one attached hydrogen (secondary N) is 1. The molecule has 1 heterocycles. The van der Waals surface area contributed by atoms with Crippen LogP contribution in [0.15, 0.2) is 22.6 Å². The quantitative estimate of drug-likeness (QED) is 0.583. The molecule has 0 aliphatic heterocycles. The molecule has 3 fully saturated rings. The molecule has 178 valence electrons. The van der Waals surface area contributed by atoms with Crippen molar-refractivity contribution in [3.8, 4) is 5.75 Å². The second kappa shape index (κ2) is 8.43. The average Bonchev–Trinajstić information content (AvgIpc) is 3.06. The predicted molar refractivity (Wildman–Crippen MR) is 105 cm³/mol. The molecule has 33 heavy (non-hydrogen) atoms. The van der Waals surface area contributed by atoms with Crippen LogP contribution in [0, 0.1) is 17.7 Å². The van der Waals surface area contributed by atoms with E-state index in [-0.39, 0.29) is 54.0 Å². The minimum Gasteiger partial charge on any atom is -0.484 e. The smallest absolute Gasteiger partial charge is 0.484 e. The van der Waals surface area contributed by atoms with Crippen LogP contribution in [0.5, 0.6) is 5.75 Å². The van der Waals surface area contributed by atoms with E-state index in [9.17, 15) is 22.4 Å². The molecular formula is C21H20ClF4N3O4. The summed E-state index contributed by atoms with van der Waals surface area (Å²) in [6.07, 6.45) is -3.56. The minimum absolute atomic E-state index is 0.00334. The standard InChI is InChI=1S/C21H20ClF4N3O4/c22-15-2-1-11(7-16(15)23)31-8-17(30)27-10-5-13-14(6-10)18(13)20-29-28-19(32-20)9-3-12(4-9)33-21(24,25)26/h1-2,7,9-10,12-14,18H,3-6,8H2,(H,27,30)/t9?,10-,12?,13-,14+,18?. The molecule has 0 saturated heterocycles. The highest BCUT2D eigenvalue weighted by atomic mass is 35.5. The number of alkyl halides is 3. The first-order chi connectivity index (χ1) is 15.7. The fourth-order valence-corrected chi connectivity index (χ4v) is 5.03. The molecule has 7 nitrogen and oxygen atoms in total. The highest BCUT2D eigenvalue weighted by molar-refractivity contribution is 6.30. The third-order valence-corrected chi connectivity index (χ3v) is 6.86. The van der Waals surface area contributed by atoms with Gasteiger partial charge >= 0.3 is 6.36 Å². The van der Waals surface area contributed by atoms with Crippen molar-refractivity contribution in [1.29, 1.82) is 0 Å². The Bertz CT molecular complexity index is 1030. The number of nitrogens with zero attached hydrogens (tertiary/aromatic N) is 2. The first kappa shape index (κ1) is 22.4. The Hall–Kier alpha value is -2.40. The summed E-state index contributed by atoms with van der Waals surface area (Å²) < 4.78 is 65.2. The number of hydrogen-bond donors (Lipinski definition) is 1. The number of amides is 1. The normalized spacial score (nSPS) is 30.5. The molecule has 1 unspecified atom stereocenters. The lowest BCUT2D eigenvalue weighted by molar-refractivity contribution is -0.352. The van der Waals surface area contributed by atoms with Gasteiger partial charge in [-0.05, 0) is 49.7 Å². The Balaban J connectivity index is 1.05. The summed E-state index contributed by atoms with van der Waals surface area (Å²) in [5, 5.41) is 11.0. The van der Waals surface area contributed by atoms with Gasteiger partial charge in [0, 0.05) is 23.9 Å². The van der Waals surface area contributed by atoms with Gasteiger partial charge in [0.15, 0.2) is 6.61 Å². The molecule has 1 amide bonds. The summed E-state index contributed by atoms with van der Waals surface area (Å²) in [4.78, 5) is 12.2. The van der Waals surface area contributed by atoms with Crippen LogP contribution in [0.4, 0.5) is 17.6 Å². The van der Waals surface area contributed by atoms with Gasteiger partial charge in [-0.2, -0.15) is 0 Å². The van der Waals surface area contributed by atoms with Crippen molar-refractivity contribution in [1.82, 2.24) is 15.5 Å². The van der Waals surface area contributed by atoms with Crippen LogP contribution in [0.25, 0.3) is 0 Å². The van der Waals surface area contributed by atoms with Crippen molar-refractivity contribution in [2.45, 2.75) is 56.0 Å². The van der Waals surface area contributed by atoms with Crippen molar-refractivity contribution >= 4 is 17.5 Å². The fraction of sp³-hybridized carbons (Fsp3) is 0.571. The number of rotatable bonds is 7. The molecule has 0 radical (unpaired) electrons. The number of benzene rings is 1. The molecule has 1 aromatic carbocycles. The number of carbonyl (C=O) groups is 1. The largest absolute Gasteiger partial charge is 0.522 e. The summed E-state index contributed by atoms with van der Waals surface area (Å²) in [6.45, 7) is -0.232. The second-order valence-corrected chi connectivity index (χ2v) is 9.19. The van der Waals surface area contributed by atoms with Gasteiger partial charge in [0.1, 0.15) is 11.6 Å². The second-order valence-electron chi connectivity index (χ2n) is 8.79. The third kappa shape index (κ3) is 4.93. The Morgan fingerprint density at radius 1 is 1.15 bits per heavy atom. The van der Waals surface area contributed by atoms with Gasteiger partial charge < -0.3 is 14.5 Å². The van der Waals surface area contributed by atoms with Gasteiger partial charge in [0.2, 0.25) is 11.8 Å². The Kier molecular flexibility index (Phi) is 5.72. The fourth-order valence-electron chi connectivity index (χ4n) is 4.91. The van der Waals surface area contributed by atoms with Crippen LogP contribution in [0.2, 0.25) is 5.02 Å². The minimum atomic E-state index is -4.63. The molecular weight excluding hydrogens is 470 g/mol. The van der Waals surface area contributed by atoms with E-state index in [0.717, 1.165) is 18.9 Å². The number of ether oxygens (including phenoxy) is 2. The van der Waals surface area contributed by atoms with Crippen LogP contribution in [0.1, 0.15) is 49.3 Å². The van der Waals surface area contributed by atoms with E-state index < -0.39 is 18.3 Å². The predicted octanol–water partition coefficient (Wildman–Crippen LogP) is 4.33. The van der Waals surface area contributed by atoms with Crippen molar-refractivity contribution in [3.05, 3.63) is 40.8 Å². The lowest BCUT2D eigenvalue weighted by Gasteiger charge is -2.32. The van der Waals surface area contributed by atoms with Gasteiger partial charge in [-0.1, -0.05) is 11.6 Å². The summed E-state index contributed by atoms with van der Waals surface area (Å²) in [5.41, 5.74) is 0. The molecule has 12 heteroatoms. The molecule has 1 aromatic heterocycles. The summed E-state index contributed by atoms with van der Waals surface area (Å²) >= 11 is 5.62. The zero-order valence-electron chi connectivity index (χ0n) is 17.1. The maximum Gasteiger partial charge on any atom is 0.522 e. The summed E-state index contributed by atoms with van der Waals surface area (Å²) in [5.74, 6) is 0.719. The van der Waals surface area contributed by atoms with Crippen molar-refractivity contribution in [2.24, 2.45) is 11.8 Å². The number of halogens is 5. The number of hydrogen-bond acceptors (Lipinski definition) is 6. The average molecular weight is 490 g/mol. The molecule has 3 aliphatic rings. The van der Waals surface area contributed by atoms with Gasteiger partial charge in [-0.15, -0.1) is 23.4 Å². The summed E-state index contributed by atoms with van der Waals surface area (Å²) in [6, 6.07) is 3.97. The van der Waals surface area contributed by atoms with Gasteiger partial charge in [-0.3, -0.25) is 9.53 Å². The van der Waals surface area contributed by atoms with Crippen LogP contribution in [-0.2, 0) is 9.53 Å². The van der Waals surface area contributed by atoms with Crippen LogP contribution in [-0.4, -0.2) is 41.2 Å². The lowest BCUT2D eigenvalue weighted by Crippen LogP contribution is -2.37. The van der Waals surface area contributed by atoms with E-state index in [1.54, 1.807) is 0 Å². The first-order valence-electron chi connectivity index (χ1n) is 10.6. The molecule has 3 saturated carbocycles. The van der Waals surface area contributed by atoms with Gasteiger partial charge in [0.25, 0.3) is 5.91 Å². The number of fused-ring (bicyclic) bond motifs is 1. The zero-order valence-corrected chi connectivity index (χ0v) is 17.9. The van der Waals surface area contributed by atoms with Gasteiger partial charge in [-0.25, -0.2) is 4.39 Å². The van der Waals surface area contributed by atoms with E-state index in [1.165, 1.54) is 12.1 Å². The van der Waals surface area contributed by atoms with E-state index in [1.807, 2.05) is 0 Å². The van der Waals surface area contributed by atoms with E-state index in [0.29, 0.717) is 23.6 Å². The van der Waals surface area contributed by atoms with Crippen LogP contribution < -0.4 is 10.1 Å². The van der Waals surface area contributed by atoms with Crippen LogP contribution >= 0.6 is 11.6 Å². The lowest BCUT2D eigenvalue weighted by atomic mass is 9.82. The number of carbonyl (C=O) groups excluding carboxylic acids is 1. The molecule has 2 aromatic rings. The topological polar surface area (TPSA) is 86.5 Å². The Morgan fingerprint density at radius 3 is 2.52 bits per heavy atom. The highest BCUT2D eigenvalue weighted by Crippen LogP contribution is 2.63. The van der Waals surface area contributed by atoms with Gasteiger partial charge in [0.05, 0.1) is 11.1 Å². The maximum absolute atomic E-state index is 13.4.